The van der Waals surface area contributed by atoms with Crippen molar-refractivity contribution < 1.29 is 8.91 Å². The summed E-state index contributed by atoms with van der Waals surface area (Å²) in [5.41, 5.74) is 1.54. The molecule has 5 nitrogen and oxygen atoms in total. The largest absolute Gasteiger partial charge is 0.346 e. The molecule has 0 saturated carbocycles. The number of aryl methyl sites for hydroxylation is 1. The summed E-state index contributed by atoms with van der Waals surface area (Å²) in [6, 6.07) is 13.4. The molecule has 0 radical (unpaired) electrons. The Labute approximate surface area is 148 Å². The second-order valence-corrected chi connectivity index (χ2v) is 6.02. The Morgan fingerprint density at radius 1 is 1.15 bits per heavy atom. The molecule has 2 aromatic heterocycles. The number of hydrogen-bond acceptors (Lipinski definition) is 4. The predicted molar refractivity (Wildman–Crippen MR) is 97.2 cm³/mol. The summed E-state index contributed by atoms with van der Waals surface area (Å²) in [7, 11) is 0. The Morgan fingerprint density at radius 3 is 2.81 bits per heavy atom. The van der Waals surface area contributed by atoms with Crippen LogP contribution >= 0.6 is 0 Å². The van der Waals surface area contributed by atoms with Gasteiger partial charge in [0.2, 0.25) is 11.3 Å². The third-order valence-electron chi connectivity index (χ3n) is 4.19. The van der Waals surface area contributed by atoms with E-state index in [-0.39, 0.29) is 23.0 Å². The molecule has 0 fully saturated rings. The molecule has 6 heteroatoms. The highest BCUT2D eigenvalue weighted by atomic mass is 19.1. The molecule has 0 aliphatic rings. The van der Waals surface area contributed by atoms with Crippen molar-refractivity contribution in [1.29, 1.82) is 0 Å². The highest BCUT2D eigenvalue weighted by Crippen LogP contribution is 2.23. The van der Waals surface area contributed by atoms with Crippen molar-refractivity contribution in [3.05, 3.63) is 70.8 Å². The van der Waals surface area contributed by atoms with Crippen LogP contribution < -0.4 is 5.43 Å². The smallest absolute Gasteiger partial charge is 0.263 e. The molecule has 0 atom stereocenters. The molecule has 0 unspecified atom stereocenters. The minimum absolute atomic E-state index is 0.130. The van der Waals surface area contributed by atoms with Crippen molar-refractivity contribution >= 4 is 10.9 Å². The van der Waals surface area contributed by atoms with E-state index in [1.807, 2.05) is 22.8 Å². The van der Waals surface area contributed by atoms with Crippen LogP contribution in [0.25, 0.3) is 33.7 Å². The van der Waals surface area contributed by atoms with Gasteiger partial charge < -0.3 is 9.09 Å². The second-order valence-electron chi connectivity index (χ2n) is 6.02. The first-order chi connectivity index (χ1) is 12.7. The highest BCUT2D eigenvalue weighted by Gasteiger charge is 2.17. The van der Waals surface area contributed by atoms with Crippen LogP contribution in [0.3, 0.4) is 0 Å². The van der Waals surface area contributed by atoms with Crippen LogP contribution in [0.4, 0.5) is 4.39 Å². The van der Waals surface area contributed by atoms with Gasteiger partial charge in [-0.2, -0.15) is 4.98 Å². The molecular weight excluding hydrogens is 333 g/mol. The van der Waals surface area contributed by atoms with Crippen molar-refractivity contribution in [2.75, 3.05) is 0 Å². The van der Waals surface area contributed by atoms with Gasteiger partial charge in [-0.15, -0.1) is 0 Å². The zero-order chi connectivity index (χ0) is 18.1. The first-order valence-electron chi connectivity index (χ1n) is 8.39. The lowest BCUT2D eigenvalue weighted by Crippen LogP contribution is -2.12. The molecule has 0 bridgehead atoms. The molecule has 2 aromatic carbocycles. The summed E-state index contributed by atoms with van der Waals surface area (Å²) < 4.78 is 20.7. The second kappa shape index (κ2) is 6.55. The Hall–Kier alpha value is -3.28. The van der Waals surface area contributed by atoms with Crippen LogP contribution in [0.5, 0.6) is 0 Å². The molecular formula is C20H16FN3O2. The van der Waals surface area contributed by atoms with Gasteiger partial charge in [0.1, 0.15) is 11.4 Å². The van der Waals surface area contributed by atoms with Crippen molar-refractivity contribution in [1.82, 2.24) is 14.7 Å². The fraction of sp³-hybridized carbons (Fsp3) is 0.150. The normalized spacial score (nSPS) is 11.2. The van der Waals surface area contributed by atoms with Crippen LogP contribution in [0, 0.1) is 5.82 Å². The number of rotatable bonds is 4. The number of nitrogens with zero attached hydrogens (tertiary/aromatic N) is 3. The van der Waals surface area contributed by atoms with E-state index < -0.39 is 0 Å². The first kappa shape index (κ1) is 16.2. The van der Waals surface area contributed by atoms with E-state index in [0.717, 1.165) is 18.5 Å². The van der Waals surface area contributed by atoms with E-state index in [0.29, 0.717) is 16.5 Å². The lowest BCUT2D eigenvalue weighted by Gasteiger charge is -2.10. The van der Waals surface area contributed by atoms with Gasteiger partial charge in [0, 0.05) is 23.7 Å². The lowest BCUT2D eigenvalue weighted by atomic mass is 10.1. The van der Waals surface area contributed by atoms with E-state index in [4.69, 9.17) is 4.52 Å². The van der Waals surface area contributed by atoms with Gasteiger partial charge in [-0.25, -0.2) is 4.39 Å². The van der Waals surface area contributed by atoms with Gasteiger partial charge in [-0.1, -0.05) is 36.3 Å². The number of para-hydroxylation sites is 1. The molecule has 0 N–H and O–H groups in total. The summed E-state index contributed by atoms with van der Waals surface area (Å²) >= 11 is 0. The number of benzene rings is 2. The van der Waals surface area contributed by atoms with Gasteiger partial charge in [-0.3, -0.25) is 4.79 Å². The van der Waals surface area contributed by atoms with Gasteiger partial charge in [0.15, 0.2) is 0 Å². The minimum atomic E-state index is -0.384. The van der Waals surface area contributed by atoms with Crippen LogP contribution in [-0.4, -0.2) is 14.7 Å². The number of fused-ring (bicyclic) bond motifs is 1. The van der Waals surface area contributed by atoms with Gasteiger partial charge >= 0.3 is 0 Å². The van der Waals surface area contributed by atoms with Crippen LogP contribution in [-0.2, 0) is 6.54 Å². The molecule has 26 heavy (non-hydrogen) atoms. The maximum absolute atomic E-state index is 13.4. The molecule has 130 valence electrons. The average molecular weight is 349 g/mol. The Kier molecular flexibility index (Phi) is 4.08. The van der Waals surface area contributed by atoms with Crippen LogP contribution in [0.1, 0.15) is 13.3 Å². The zero-order valence-corrected chi connectivity index (χ0v) is 14.1. The molecule has 2 heterocycles. The van der Waals surface area contributed by atoms with Crippen molar-refractivity contribution in [2.24, 2.45) is 0 Å². The summed E-state index contributed by atoms with van der Waals surface area (Å²) in [5, 5.41) is 4.50. The first-order valence-corrected chi connectivity index (χ1v) is 8.39. The highest BCUT2D eigenvalue weighted by molar-refractivity contribution is 5.82. The maximum atomic E-state index is 13.4. The molecule has 0 amide bonds. The molecule has 4 aromatic rings. The summed E-state index contributed by atoms with van der Waals surface area (Å²) in [6.07, 6.45) is 2.67. The monoisotopic (exact) mass is 349 g/mol. The van der Waals surface area contributed by atoms with E-state index in [1.54, 1.807) is 24.4 Å². The Balaban J connectivity index is 1.87. The number of halogens is 1. The molecule has 0 saturated heterocycles. The number of pyridine rings is 1. The zero-order valence-electron chi connectivity index (χ0n) is 14.1. The van der Waals surface area contributed by atoms with Crippen LogP contribution in [0.2, 0.25) is 0 Å². The third-order valence-corrected chi connectivity index (χ3v) is 4.19. The van der Waals surface area contributed by atoms with Gasteiger partial charge in [0.05, 0.1) is 5.52 Å². The third kappa shape index (κ3) is 2.79. The summed E-state index contributed by atoms with van der Waals surface area (Å²) in [5.74, 6) is -0.0103. The molecule has 4 rings (SSSR count). The fourth-order valence-corrected chi connectivity index (χ4v) is 3.00. The van der Waals surface area contributed by atoms with Gasteiger partial charge in [0.25, 0.3) is 5.89 Å². The Morgan fingerprint density at radius 2 is 2.00 bits per heavy atom. The lowest BCUT2D eigenvalue weighted by molar-refractivity contribution is 0.431. The molecule has 0 spiro atoms. The predicted octanol–water partition coefficient (Wildman–Crippen LogP) is 4.27. The quantitative estimate of drug-likeness (QED) is 0.552. The summed E-state index contributed by atoms with van der Waals surface area (Å²) in [6.45, 7) is 2.83. The average Bonchev–Trinajstić information content (AvgIpc) is 3.14. The molecule has 0 aliphatic carbocycles. The van der Waals surface area contributed by atoms with Crippen molar-refractivity contribution in [3.63, 3.8) is 0 Å². The number of aromatic nitrogens is 3. The van der Waals surface area contributed by atoms with E-state index >= 15 is 0 Å². The number of hydrogen-bond donors (Lipinski definition) is 0. The van der Waals surface area contributed by atoms with E-state index in [2.05, 4.69) is 17.1 Å². The fourth-order valence-electron chi connectivity index (χ4n) is 3.00. The van der Waals surface area contributed by atoms with Crippen molar-refractivity contribution in [3.8, 4) is 22.8 Å². The topological polar surface area (TPSA) is 60.9 Å². The van der Waals surface area contributed by atoms with Crippen LogP contribution in [0.15, 0.2) is 64.0 Å². The van der Waals surface area contributed by atoms with Crippen molar-refractivity contribution in [2.45, 2.75) is 19.9 Å². The molecule has 0 aliphatic heterocycles. The maximum Gasteiger partial charge on any atom is 0.263 e. The van der Waals surface area contributed by atoms with E-state index in [1.165, 1.54) is 12.1 Å². The van der Waals surface area contributed by atoms with Gasteiger partial charge in [-0.05, 0) is 30.7 Å². The summed E-state index contributed by atoms with van der Waals surface area (Å²) in [4.78, 5) is 17.2. The van der Waals surface area contributed by atoms with E-state index in [9.17, 15) is 9.18 Å². The Bertz CT molecular complexity index is 1150. The SMILES string of the molecule is CCCn1cc(-c2nc(-c3cccc(F)c3)no2)c(=O)c2ccccc21. The standard InChI is InChI=1S/C20H16FN3O2/c1-2-10-24-12-16(18(25)15-8-3-4-9-17(15)24)20-22-19(23-26-20)13-6-5-7-14(21)11-13/h3-9,11-12H,2,10H2,1H3. The minimum Gasteiger partial charge on any atom is -0.346 e.